The van der Waals surface area contributed by atoms with Crippen LogP contribution in [0.5, 0.6) is 5.75 Å². The molecule has 1 aliphatic carbocycles. The number of hydrogen-bond acceptors (Lipinski definition) is 4. The lowest BCUT2D eigenvalue weighted by Crippen LogP contribution is -2.25. The van der Waals surface area contributed by atoms with E-state index >= 15 is 0 Å². The van der Waals surface area contributed by atoms with E-state index in [4.69, 9.17) is 16.3 Å². The van der Waals surface area contributed by atoms with E-state index in [1.807, 2.05) is 0 Å². The summed E-state index contributed by atoms with van der Waals surface area (Å²) in [6, 6.07) is 5.49. The van der Waals surface area contributed by atoms with Crippen LogP contribution in [-0.2, 0) is 0 Å². The Bertz CT molecular complexity index is 477. The lowest BCUT2D eigenvalue weighted by atomic mass is 10.1. The minimum Gasteiger partial charge on any atom is -0.495 e. The monoisotopic (exact) mass is 298 g/mol. The Morgan fingerprint density at radius 2 is 2.30 bits per heavy atom. The van der Waals surface area contributed by atoms with Gasteiger partial charge in [-0.3, -0.25) is 4.79 Å². The van der Waals surface area contributed by atoms with Gasteiger partial charge in [0.2, 0.25) is 0 Å². The van der Waals surface area contributed by atoms with Crippen molar-refractivity contribution in [3.63, 3.8) is 0 Å². The van der Waals surface area contributed by atoms with Gasteiger partial charge >= 0.3 is 0 Å². The number of benzene rings is 1. The molecule has 0 saturated heterocycles. The van der Waals surface area contributed by atoms with Crippen LogP contribution in [0.4, 0.5) is 5.69 Å². The normalized spacial score (nSPS) is 15.6. The van der Waals surface area contributed by atoms with Crippen molar-refractivity contribution in [1.82, 2.24) is 5.32 Å². The van der Waals surface area contributed by atoms with Gasteiger partial charge in [-0.25, -0.2) is 0 Å². The van der Waals surface area contributed by atoms with Crippen molar-refractivity contribution in [2.24, 2.45) is 0 Å². The van der Waals surface area contributed by atoms with Gasteiger partial charge in [0.15, 0.2) is 0 Å². The molecule has 1 saturated carbocycles. The van der Waals surface area contributed by atoms with Crippen LogP contribution in [0.3, 0.4) is 0 Å². The molecule has 2 rings (SSSR count). The Labute approximate surface area is 123 Å². The number of aliphatic hydroxyl groups is 1. The predicted molar refractivity (Wildman–Crippen MR) is 78.7 cm³/mol. The Hall–Kier alpha value is -1.46. The Kier molecular flexibility index (Phi) is 5.09. The molecule has 3 N–H and O–H groups in total. The summed E-state index contributed by atoms with van der Waals surface area (Å²) in [5.74, 6) is 0.683. The van der Waals surface area contributed by atoms with E-state index in [2.05, 4.69) is 10.6 Å². The molecule has 0 radical (unpaired) electrons. The van der Waals surface area contributed by atoms with Gasteiger partial charge in [0.25, 0.3) is 5.91 Å². The van der Waals surface area contributed by atoms with Crippen LogP contribution >= 0.6 is 11.6 Å². The second-order valence-electron chi connectivity index (χ2n) is 4.85. The number of hydrogen-bond donors (Lipinski definition) is 3. The molecule has 1 amide bonds. The van der Waals surface area contributed by atoms with Gasteiger partial charge in [-0.05, 0) is 31.0 Å². The molecular weight excluding hydrogens is 280 g/mol. The maximum absolute atomic E-state index is 12.0. The summed E-state index contributed by atoms with van der Waals surface area (Å²) in [5, 5.41) is 15.4. The number of aliphatic hydroxyl groups excluding tert-OH is 1. The molecular formula is C14H19ClN2O3. The standard InChI is InChI=1S/C14H19ClN2O3/c1-20-13-5-2-9(14(19)17-10-3-4-10)6-12(13)16-8-11(18)7-15/h2,5-6,10-11,16,18H,3-4,7-8H2,1H3,(H,17,19). The van der Waals surface area contributed by atoms with Gasteiger partial charge in [-0.1, -0.05) is 0 Å². The second kappa shape index (κ2) is 6.81. The maximum Gasteiger partial charge on any atom is 0.251 e. The molecule has 0 bridgehead atoms. The van der Waals surface area contributed by atoms with E-state index in [1.54, 1.807) is 25.3 Å². The number of alkyl halides is 1. The molecule has 1 aromatic rings. The lowest BCUT2D eigenvalue weighted by Gasteiger charge is -2.14. The molecule has 6 heteroatoms. The average Bonchev–Trinajstić information content (AvgIpc) is 3.28. The van der Waals surface area contributed by atoms with Gasteiger partial charge in [0, 0.05) is 18.2 Å². The minimum absolute atomic E-state index is 0.0869. The van der Waals surface area contributed by atoms with E-state index < -0.39 is 6.10 Å². The maximum atomic E-state index is 12.0. The first-order chi connectivity index (χ1) is 9.63. The third-order valence-corrected chi connectivity index (χ3v) is 3.44. The van der Waals surface area contributed by atoms with Crippen molar-refractivity contribution in [1.29, 1.82) is 0 Å². The van der Waals surface area contributed by atoms with Crippen LogP contribution in [0.25, 0.3) is 0 Å². The van der Waals surface area contributed by atoms with Crippen molar-refractivity contribution in [3.05, 3.63) is 23.8 Å². The van der Waals surface area contributed by atoms with Crippen molar-refractivity contribution in [2.45, 2.75) is 25.0 Å². The zero-order valence-electron chi connectivity index (χ0n) is 11.4. The van der Waals surface area contributed by atoms with Gasteiger partial charge in [0.1, 0.15) is 5.75 Å². The van der Waals surface area contributed by atoms with E-state index in [1.165, 1.54) is 0 Å². The third kappa shape index (κ3) is 4.02. The number of nitrogens with one attached hydrogen (secondary N) is 2. The minimum atomic E-state index is -0.648. The highest BCUT2D eigenvalue weighted by atomic mass is 35.5. The summed E-state index contributed by atoms with van der Waals surface area (Å²) in [6.07, 6.45) is 1.45. The summed E-state index contributed by atoms with van der Waals surface area (Å²) in [7, 11) is 1.56. The second-order valence-corrected chi connectivity index (χ2v) is 5.16. The van der Waals surface area contributed by atoms with E-state index in [0.29, 0.717) is 29.6 Å². The Morgan fingerprint density at radius 1 is 1.55 bits per heavy atom. The third-order valence-electron chi connectivity index (χ3n) is 3.08. The molecule has 0 aromatic heterocycles. The van der Waals surface area contributed by atoms with Crippen molar-refractivity contribution in [2.75, 3.05) is 24.9 Å². The number of anilines is 1. The number of halogens is 1. The Morgan fingerprint density at radius 3 is 2.90 bits per heavy atom. The van der Waals surface area contributed by atoms with Crippen molar-refractivity contribution < 1.29 is 14.6 Å². The lowest BCUT2D eigenvalue weighted by molar-refractivity contribution is 0.0951. The predicted octanol–water partition coefficient (Wildman–Crippen LogP) is 1.60. The van der Waals surface area contributed by atoms with Crippen LogP contribution in [-0.4, -0.2) is 42.7 Å². The molecule has 5 nitrogen and oxygen atoms in total. The number of ether oxygens (including phenoxy) is 1. The van der Waals surface area contributed by atoms with E-state index in [9.17, 15) is 9.90 Å². The fourth-order valence-electron chi connectivity index (χ4n) is 1.77. The molecule has 1 atom stereocenters. The largest absolute Gasteiger partial charge is 0.495 e. The van der Waals surface area contributed by atoms with Crippen LogP contribution in [0.15, 0.2) is 18.2 Å². The Balaban J connectivity index is 2.08. The molecule has 20 heavy (non-hydrogen) atoms. The molecule has 1 unspecified atom stereocenters. The summed E-state index contributed by atoms with van der Waals surface area (Å²) < 4.78 is 5.23. The summed E-state index contributed by atoms with van der Waals surface area (Å²) in [4.78, 5) is 12.0. The van der Waals surface area contributed by atoms with Crippen LogP contribution in [0.1, 0.15) is 23.2 Å². The van der Waals surface area contributed by atoms with Gasteiger partial charge in [-0.15, -0.1) is 11.6 Å². The highest BCUT2D eigenvalue weighted by molar-refractivity contribution is 6.18. The first-order valence-electron chi connectivity index (χ1n) is 6.61. The summed E-state index contributed by atoms with van der Waals surface area (Å²) in [5.41, 5.74) is 1.24. The van der Waals surface area contributed by atoms with Gasteiger partial charge < -0.3 is 20.5 Å². The first-order valence-corrected chi connectivity index (χ1v) is 7.14. The summed E-state index contributed by atoms with van der Waals surface area (Å²) in [6.45, 7) is 0.299. The van der Waals surface area contributed by atoms with Crippen LogP contribution in [0, 0.1) is 0 Å². The zero-order chi connectivity index (χ0) is 14.5. The van der Waals surface area contributed by atoms with Gasteiger partial charge in [0.05, 0.1) is 24.8 Å². The molecule has 110 valence electrons. The molecule has 1 aliphatic rings. The molecule has 0 heterocycles. The number of methoxy groups -OCH3 is 1. The van der Waals surface area contributed by atoms with Crippen LogP contribution in [0.2, 0.25) is 0 Å². The van der Waals surface area contributed by atoms with E-state index in [0.717, 1.165) is 12.8 Å². The topological polar surface area (TPSA) is 70.6 Å². The van der Waals surface area contributed by atoms with Crippen LogP contribution < -0.4 is 15.4 Å². The first kappa shape index (κ1) is 14.9. The smallest absolute Gasteiger partial charge is 0.251 e. The molecule has 0 aliphatic heterocycles. The fraction of sp³-hybridized carbons (Fsp3) is 0.500. The quantitative estimate of drug-likeness (QED) is 0.669. The summed E-state index contributed by atoms with van der Waals surface area (Å²) >= 11 is 5.55. The zero-order valence-corrected chi connectivity index (χ0v) is 12.1. The SMILES string of the molecule is COc1ccc(C(=O)NC2CC2)cc1NCC(O)CCl. The molecule has 1 aromatic carbocycles. The highest BCUT2D eigenvalue weighted by Gasteiger charge is 2.24. The fourth-order valence-corrected chi connectivity index (χ4v) is 1.88. The highest BCUT2D eigenvalue weighted by Crippen LogP contribution is 2.26. The average molecular weight is 299 g/mol. The molecule has 0 spiro atoms. The van der Waals surface area contributed by atoms with Crippen molar-refractivity contribution >= 4 is 23.2 Å². The number of rotatable bonds is 7. The van der Waals surface area contributed by atoms with E-state index in [-0.39, 0.29) is 11.8 Å². The van der Waals surface area contributed by atoms with Gasteiger partial charge in [-0.2, -0.15) is 0 Å². The number of carbonyl (C=O) groups is 1. The molecule has 1 fully saturated rings. The number of carbonyl (C=O) groups excluding carboxylic acids is 1. The number of amides is 1. The van der Waals surface area contributed by atoms with Crippen molar-refractivity contribution in [3.8, 4) is 5.75 Å².